The fourth-order valence-electron chi connectivity index (χ4n) is 4.10. The molecule has 0 unspecified atom stereocenters. The number of alkyl halides is 1. The molecule has 176 valence electrons. The minimum absolute atomic E-state index is 0.00541. The summed E-state index contributed by atoms with van der Waals surface area (Å²) in [6.45, 7) is 9.14. The van der Waals surface area contributed by atoms with Crippen molar-refractivity contribution in [3.8, 4) is 0 Å². The van der Waals surface area contributed by atoms with Crippen LogP contribution in [-0.2, 0) is 22.3 Å². The van der Waals surface area contributed by atoms with Gasteiger partial charge in [0.1, 0.15) is 6.17 Å². The molecule has 0 radical (unpaired) electrons. The smallest absolute Gasteiger partial charge is 0.218 e. The number of benzene rings is 2. The maximum atomic E-state index is 14.5. The van der Waals surface area contributed by atoms with E-state index in [0.717, 1.165) is 36.3 Å². The van der Waals surface area contributed by atoms with Crippen LogP contribution >= 0.6 is 0 Å². The second-order valence-electron chi connectivity index (χ2n) is 9.07. The van der Waals surface area contributed by atoms with Gasteiger partial charge in [-0.15, -0.1) is 0 Å². The van der Waals surface area contributed by atoms with Gasteiger partial charge in [-0.3, -0.25) is 0 Å². The molecule has 1 saturated heterocycles. The Morgan fingerprint density at radius 2 is 1.78 bits per heavy atom. The van der Waals surface area contributed by atoms with Gasteiger partial charge in [-0.1, -0.05) is 63.2 Å². The van der Waals surface area contributed by atoms with Crippen molar-refractivity contribution in [1.82, 2.24) is 9.21 Å². The molecule has 1 aliphatic heterocycles. The zero-order valence-electron chi connectivity index (χ0n) is 19.4. The molecule has 1 fully saturated rings. The Bertz CT molecular complexity index is 935. The summed E-state index contributed by atoms with van der Waals surface area (Å²) in [4.78, 5) is 2.13. The molecule has 1 heterocycles. The van der Waals surface area contributed by atoms with Crippen molar-refractivity contribution >= 4 is 15.7 Å². The van der Waals surface area contributed by atoms with Gasteiger partial charge in [0.25, 0.3) is 0 Å². The minimum atomic E-state index is -3.45. The molecule has 2 aromatic carbocycles. The van der Waals surface area contributed by atoms with E-state index in [1.54, 1.807) is 4.31 Å². The van der Waals surface area contributed by atoms with Gasteiger partial charge in [0.15, 0.2) is 0 Å². The Morgan fingerprint density at radius 1 is 1.09 bits per heavy atom. The largest absolute Gasteiger partial charge is 0.379 e. The molecule has 1 N–H and O–H groups in total. The fraction of sp³-hybridized carbons (Fsp3) is 0.520. The number of rotatable bonds is 10. The van der Waals surface area contributed by atoms with Crippen molar-refractivity contribution in [2.45, 2.75) is 51.7 Å². The summed E-state index contributed by atoms with van der Waals surface area (Å²) in [7, 11) is -3.45. The zero-order valence-corrected chi connectivity index (χ0v) is 20.2. The van der Waals surface area contributed by atoms with Crippen molar-refractivity contribution in [1.29, 1.82) is 0 Å². The van der Waals surface area contributed by atoms with E-state index in [1.165, 1.54) is 0 Å². The number of hydrogen-bond donors (Lipinski definition) is 1. The highest BCUT2D eigenvalue weighted by molar-refractivity contribution is 7.88. The first-order valence-corrected chi connectivity index (χ1v) is 13.1. The molecule has 3 rings (SSSR count). The average Bonchev–Trinajstić information content (AvgIpc) is 2.76. The first-order chi connectivity index (χ1) is 15.3. The molecule has 0 amide bonds. The van der Waals surface area contributed by atoms with Crippen LogP contribution in [0.25, 0.3) is 0 Å². The van der Waals surface area contributed by atoms with Gasteiger partial charge in [-0.05, 0) is 42.1 Å². The second kappa shape index (κ2) is 11.3. The third kappa shape index (κ3) is 7.02. The molecule has 0 aromatic heterocycles. The number of piperidine rings is 1. The quantitative estimate of drug-likeness (QED) is 0.565. The molecule has 0 spiro atoms. The molecule has 1 aliphatic rings. The Kier molecular flexibility index (Phi) is 8.68. The lowest BCUT2D eigenvalue weighted by Crippen LogP contribution is -2.47. The molecule has 5 nitrogen and oxygen atoms in total. The topological polar surface area (TPSA) is 52.6 Å². The van der Waals surface area contributed by atoms with Crippen molar-refractivity contribution < 1.29 is 12.8 Å². The summed E-state index contributed by atoms with van der Waals surface area (Å²) < 4.78 is 42.3. The molecule has 7 heteroatoms. The maximum absolute atomic E-state index is 14.5. The van der Waals surface area contributed by atoms with E-state index in [9.17, 15) is 12.8 Å². The van der Waals surface area contributed by atoms with Crippen LogP contribution in [0.2, 0.25) is 0 Å². The molecule has 2 aromatic rings. The predicted molar refractivity (Wildman–Crippen MR) is 130 cm³/mol. The summed E-state index contributed by atoms with van der Waals surface area (Å²) in [6, 6.07) is 16.8. The third-order valence-electron chi connectivity index (χ3n) is 5.89. The highest BCUT2D eigenvalue weighted by atomic mass is 32.2. The zero-order chi connectivity index (χ0) is 23.1. The van der Waals surface area contributed by atoms with Gasteiger partial charge in [-0.2, -0.15) is 4.31 Å². The predicted octanol–water partition coefficient (Wildman–Crippen LogP) is 4.52. The summed E-state index contributed by atoms with van der Waals surface area (Å²) >= 11 is 0. The highest BCUT2D eigenvalue weighted by Crippen LogP contribution is 2.21. The maximum Gasteiger partial charge on any atom is 0.218 e. The van der Waals surface area contributed by atoms with E-state index in [2.05, 4.69) is 17.1 Å². The van der Waals surface area contributed by atoms with E-state index in [4.69, 9.17) is 0 Å². The van der Waals surface area contributed by atoms with Gasteiger partial charge in [0.05, 0.1) is 11.8 Å². The molecule has 0 saturated carbocycles. The van der Waals surface area contributed by atoms with Gasteiger partial charge in [0, 0.05) is 31.9 Å². The van der Waals surface area contributed by atoms with Gasteiger partial charge < -0.3 is 10.2 Å². The lowest BCUT2D eigenvalue weighted by atomic mass is 10.0. The Hall–Kier alpha value is -1.96. The number of nitrogens with one attached hydrogen (secondary N) is 1. The third-order valence-corrected chi connectivity index (χ3v) is 7.65. The number of nitrogens with zero attached hydrogens (tertiary/aromatic N) is 2. The van der Waals surface area contributed by atoms with Crippen molar-refractivity contribution in [2.75, 3.05) is 31.5 Å². The Labute approximate surface area is 192 Å². The van der Waals surface area contributed by atoms with Crippen LogP contribution in [-0.4, -0.2) is 56.0 Å². The van der Waals surface area contributed by atoms with Crippen molar-refractivity contribution in [2.24, 2.45) is 5.92 Å². The SMILES string of the molecule is CCN1CC[C@H](Nc2ccc(CN(CC(C)C)S(=O)(=O)Cc3ccccc3)cc2)[C@H](F)C1. The van der Waals surface area contributed by atoms with E-state index in [0.29, 0.717) is 19.6 Å². The van der Waals surface area contributed by atoms with E-state index in [1.807, 2.05) is 68.4 Å². The Morgan fingerprint density at radius 3 is 2.38 bits per heavy atom. The second-order valence-corrected chi connectivity index (χ2v) is 11.0. The van der Waals surface area contributed by atoms with Crippen LogP contribution in [0.1, 0.15) is 38.3 Å². The van der Waals surface area contributed by atoms with Gasteiger partial charge in [-0.25, -0.2) is 12.8 Å². The van der Waals surface area contributed by atoms with E-state index < -0.39 is 16.2 Å². The molecule has 0 bridgehead atoms. The van der Waals surface area contributed by atoms with Crippen LogP contribution in [0.5, 0.6) is 0 Å². The minimum Gasteiger partial charge on any atom is -0.379 e. The first-order valence-electron chi connectivity index (χ1n) is 11.5. The van der Waals surface area contributed by atoms with E-state index in [-0.39, 0.29) is 17.7 Å². The summed E-state index contributed by atoms with van der Waals surface area (Å²) in [5, 5.41) is 3.32. The number of likely N-dealkylation sites (tertiary alicyclic amines) is 1. The highest BCUT2D eigenvalue weighted by Gasteiger charge is 2.28. The van der Waals surface area contributed by atoms with Crippen LogP contribution in [0.4, 0.5) is 10.1 Å². The fourth-order valence-corrected chi connectivity index (χ4v) is 5.77. The van der Waals surface area contributed by atoms with Gasteiger partial charge >= 0.3 is 0 Å². The average molecular weight is 462 g/mol. The number of halogens is 1. The van der Waals surface area contributed by atoms with E-state index >= 15 is 0 Å². The molecule has 2 atom stereocenters. The molecule has 32 heavy (non-hydrogen) atoms. The van der Waals surface area contributed by atoms with Crippen LogP contribution < -0.4 is 5.32 Å². The normalized spacial score (nSPS) is 20.1. The summed E-state index contributed by atoms with van der Waals surface area (Å²) in [6.07, 6.45) is -0.121. The summed E-state index contributed by atoms with van der Waals surface area (Å²) in [5.41, 5.74) is 2.58. The lowest BCUT2D eigenvalue weighted by molar-refractivity contribution is 0.131. The summed E-state index contributed by atoms with van der Waals surface area (Å²) in [5.74, 6) is 0.214. The Balaban J connectivity index is 1.65. The molecule has 0 aliphatic carbocycles. The molecular formula is C25H36FN3O2S. The van der Waals surface area contributed by atoms with Gasteiger partial charge in [0.2, 0.25) is 10.0 Å². The monoisotopic (exact) mass is 461 g/mol. The van der Waals surface area contributed by atoms with Crippen LogP contribution in [0.3, 0.4) is 0 Å². The lowest BCUT2D eigenvalue weighted by Gasteiger charge is -2.34. The van der Waals surface area contributed by atoms with Crippen LogP contribution in [0, 0.1) is 5.92 Å². The van der Waals surface area contributed by atoms with Crippen molar-refractivity contribution in [3.63, 3.8) is 0 Å². The van der Waals surface area contributed by atoms with Crippen molar-refractivity contribution in [3.05, 3.63) is 65.7 Å². The number of anilines is 1. The standard InChI is InChI=1S/C25H36FN3O2S/c1-4-28-15-14-25(24(26)18-28)27-23-12-10-21(11-13-23)17-29(16-20(2)3)32(30,31)19-22-8-6-5-7-9-22/h5-13,20,24-25,27H,4,14-19H2,1-3H3/t24-,25+/m1/s1. The van der Waals surface area contributed by atoms with Crippen LogP contribution in [0.15, 0.2) is 54.6 Å². The molecular weight excluding hydrogens is 425 g/mol. The first kappa shape index (κ1) is 24.7. The number of sulfonamides is 1. The number of hydrogen-bond acceptors (Lipinski definition) is 4.